The highest BCUT2D eigenvalue weighted by Crippen LogP contribution is 2.26. The number of nitrogens with zero attached hydrogens (tertiary/aromatic N) is 3. The molecular weight excluding hydrogens is 276 g/mol. The lowest BCUT2D eigenvalue weighted by molar-refractivity contribution is 0.0690. The molecule has 8 heteroatoms. The lowest BCUT2D eigenvalue weighted by atomic mass is 10.1. The SMILES string of the molecule is Cc1ccc(-c2c(C(=O)O)nnn2CC(O)CO)cc1N. The Labute approximate surface area is 120 Å². The van der Waals surface area contributed by atoms with Crippen molar-refractivity contribution in [2.75, 3.05) is 12.3 Å². The number of nitrogen functional groups attached to an aromatic ring is 1. The van der Waals surface area contributed by atoms with Gasteiger partial charge in [-0.2, -0.15) is 0 Å². The Hall–Kier alpha value is -2.45. The van der Waals surface area contributed by atoms with Crippen LogP contribution in [0.2, 0.25) is 0 Å². The number of hydrogen-bond donors (Lipinski definition) is 4. The van der Waals surface area contributed by atoms with Gasteiger partial charge in [-0.3, -0.25) is 0 Å². The van der Waals surface area contributed by atoms with E-state index in [0.29, 0.717) is 11.3 Å². The van der Waals surface area contributed by atoms with Gasteiger partial charge in [0.2, 0.25) is 0 Å². The number of anilines is 1. The molecule has 1 aromatic heterocycles. The summed E-state index contributed by atoms with van der Waals surface area (Å²) in [5, 5.41) is 35.0. The number of nitrogens with two attached hydrogens (primary N) is 1. The van der Waals surface area contributed by atoms with Gasteiger partial charge < -0.3 is 21.1 Å². The van der Waals surface area contributed by atoms with Gasteiger partial charge in [-0.1, -0.05) is 17.3 Å². The van der Waals surface area contributed by atoms with Crippen molar-refractivity contribution in [1.29, 1.82) is 0 Å². The van der Waals surface area contributed by atoms with E-state index in [1.165, 1.54) is 4.68 Å². The second-order valence-electron chi connectivity index (χ2n) is 4.68. The van der Waals surface area contributed by atoms with Crippen LogP contribution in [-0.4, -0.2) is 49.0 Å². The molecule has 8 nitrogen and oxygen atoms in total. The van der Waals surface area contributed by atoms with Gasteiger partial charge in [-0.15, -0.1) is 5.10 Å². The molecule has 112 valence electrons. The lowest BCUT2D eigenvalue weighted by Gasteiger charge is -2.11. The molecule has 0 radical (unpaired) electrons. The molecule has 0 aliphatic heterocycles. The third-order valence-electron chi connectivity index (χ3n) is 3.08. The Balaban J connectivity index is 2.55. The van der Waals surface area contributed by atoms with Crippen molar-refractivity contribution in [1.82, 2.24) is 15.0 Å². The third kappa shape index (κ3) is 3.01. The van der Waals surface area contributed by atoms with Crippen LogP contribution in [-0.2, 0) is 6.54 Å². The van der Waals surface area contributed by atoms with E-state index in [-0.39, 0.29) is 17.9 Å². The van der Waals surface area contributed by atoms with Crippen LogP contribution in [0, 0.1) is 6.92 Å². The minimum atomic E-state index is -1.23. The number of carboxylic acid groups (broad SMARTS) is 1. The number of aliphatic hydroxyl groups is 2. The average Bonchev–Trinajstić information content (AvgIpc) is 2.85. The van der Waals surface area contributed by atoms with E-state index in [9.17, 15) is 15.0 Å². The molecule has 1 aromatic carbocycles. The van der Waals surface area contributed by atoms with Crippen molar-refractivity contribution in [3.05, 3.63) is 29.5 Å². The van der Waals surface area contributed by atoms with E-state index < -0.39 is 18.7 Å². The summed E-state index contributed by atoms with van der Waals surface area (Å²) < 4.78 is 1.24. The summed E-state index contributed by atoms with van der Waals surface area (Å²) in [6.45, 7) is 1.31. The van der Waals surface area contributed by atoms with Gasteiger partial charge in [0.15, 0.2) is 5.69 Å². The van der Waals surface area contributed by atoms with Crippen LogP contribution in [0.25, 0.3) is 11.3 Å². The first-order valence-corrected chi connectivity index (χ1v) is 6.26. The molecule has 0 amide bonds. The van der Waals surface area contributed by atoms with Crippen molar-refractivity contribution >= 4 is 11.7 Å². The molecule has 0 fully saturated rings. The van der Waals surface area contributed by atoms with E-state index in [1.54, 1.807) is 18.2 Å². The fraction of sp³-hybridized carbons (Fsp3) is 0.308. The standard InChI is InChI=1S/C13H16N4O4/c1-7-2-3-8(4-10(7)14)12-11(13(20)21)15-16-17(12)5-9(19)6-18/h2-4,9,18-19H,5-6,14H2,1H3,(H,20,21). The molecule has 5 N–H and O–H groups in total. The highest BCUT2D eigenvalue weighted by atomic mass is 16.4. The molecule has 21 heavy (non-hydrogen) atoms. The highest BCUT2D eigenvalue weighted by Gasteiger charge is 2.22. The highest BCUT2D eigenvalue weighted by molar-refractivity contribution is 5.93. The van der Waals surface area contributed by atoms with E-state index in [1.807, 2.05) is 6.92 Å². The normalized spacial score (nSPS) is 12.3. The van der Waals surface area contributed by atoms with Gasteiger partial charge >= 0.3 is 5.97 Å². The Kier molecular flexibility index (Phi) is 4.20. The van der Waals surface area contributed by atoms with E-state index in [0.717, 1.165) is 5.56 Å². The molecule has 2 rings (SSSR count). The van der Waals surface area contributed by atoms with Gasteiger partial charge in [0.05, 0.1) is 19.3 Å². The number of benzene rings is 1. The topological polar surface area (TPSA) is 134 Å². The molecule has 0 aliphatic rings. The molecule has 2 aromatic rings. The minimum Gasteiger partial charge on any atom is -0.476 e. The van der Waals surface area contributed by atoms with Crippen LogP contribution in [0.15, 0.2) is 18.2 Å². The summed E-state index contributed by atoms with van der Waals surface area (Å²) in [7, 11) is 0. The average molecular weight is 292 g/mol. The number of aromatic nitrogens is 3. The van der Waals surface area contributed by atoms with Crippen LogP contribution in [0.5, 0.6) is 0 Å². The second-order valence-corrected chi connectivity index (χ2v) is 4.68. The van der Waals surface area contributed by atoms with Gasteiger partial charge in [-0.05, 0) is 18.6 Å². The maximum Gasteiger partial charge on any atom is 0.358 e. The Morgan fingerprint density at radius 3 is 2.76 bits per heavy atom. The van der Waals surface area contributed by atoms with Crippen LogP contribution < -0.4 is 5.73 Å². The van der Waals surface area contributed by atoms with Gasteiger partial charge in [0.1, 0.15) is 5.69 Å². The van der Waals surface area contributed by atoms with E-state index in [2.05, 4.69) is 10.3 Å². The molecular formula is C13H16N4O4. The van der Waals surface area contributed by atoms with Crippen molar-refractivity contribution in [2.24, 2.45) is 0 Å². The first-order chi connectivity index (χ1) is 9.93. The van der Waals surface area contributed by atoms with Crippen molar-refractivity contribution in [3.63, 3.8) is 0 Å². The summed E-state index contributed by atoms with van der Waals surface area (Å²) in [5.74, 6) is -1.23. The number of aliphatic hydroxyl groups excluding tert-OH is 2. The number of carbonyl (C=O) groups is 1. The van der Waals surface area contributed by atoms with Crippen LogP contribution in [0.4, 0.5) is 5.69 Å². The lowest BCUT2D eigenvalue weighted by Crippen LogP contribution is -2.21. The fourth-order valence-corrected chi connectivity index (χ4v) is 1.92. The van der Waals surface area contributed by atoms with E-state index in [4.69, 9.17) is 10.8 Å². The predicted molar refractivity (Wildman–Crippen MR) is 74.7 cm³/mol. The number of carboxylic acids is 1. The first-order valence-electron chi connectivity index (χ1n) is 6.26. The van der Waals surface area contributed by atoms with Crippen LogP contribution in [0.3, 0.4) is 0 Å². The van der Waals surface area contributed by atoms with Crippen molar-refractivity contribution in [3.8, 4) is 11.3 Å². The Morgan fingerprint density at radius 1 is 1.48 bits per heavy atom. The molecule has 1 atom stereocenters. The van der Waals surface area contributed by atoms with E-state index >= 15 is 0 Å². The quantitative estimate of drug-likeness (QED) is 0.564. The summed E-state index contributed by atoms with van der Waals surface area (Å²) >= 11 is 0. The number of hydrogen-bond acceptors (Lipinski definition) is 6. The zero-order chi connectivity index (χ0) is 15.6. The minimum absolute atomic E-state index is 0.0695. The maximum absolute atomic E-state index is 11.3. The maximum atomic E-state index is 11.3. The molecule has 0 saturated carbocycles. The van der Waals surface area contributed by atoms with Gasteiger partial charge in [0, 0.05) is 11.3 Å². The molecule has 0 aliphatic carbocycles. The van der Waals surface area contributed by atoms with Crippen LogP contribution in [0.1, 0.15) is 16.1 Å². The van der Waals surface area contributed by atoms with Crippen LogP contribution >= 0.6 is 0 Å². The van der Waals surface area contributed by atoms with Crippen molar-refractivity contribution in [2.45, 2.75) is 19.6 Å². The first kappa shape index (κ1) is 14.9. The largest absolute Gasteiger partial charge is 0.476 e. The van der Waals surface area contributed by atoms with Gasteiger partial charge in [0.25, 0.3) is 0 Å². The number of rotatable bonds is 5. The molecule has 1 unspecified atom stereocenters. The number of aryl methyl sites for hydroxylation is 1. The zero-order valence-electron chi connectivity index (χ0n) is 11.4. The summed E-state index contributed by atoms with van der Waals surface area (Å²) in [4.78, 5) is 11.3. The Morgan fingerprint density at radius 2 is 2.19 bits per heavy atom. The molecule has 1 heterocycles. The Bertz CT molecular complexity index is 668. The molecule has 0 bridgehead atoms. The predicted octanol–water partition coefficient (Wildman–Crippen LogP) is -0.113. The summed E-state index contributed by atoms with van der Waals surface area (Å²) in [6, 6.07) is 5.09. The monoisotopic (exact) mass is 292 g/mol. The summed E-state index contributed by atoms with van der Waals surface area (Å²) in [5.41, 5.74) is 7.76. The molecule has 0 saturated heterocycles. The smallest absolute Gasteiger partial charge is 0.358 e. The zero-order valence-corrected chi connectivity index (χ0v) is 11.4. The fourth-order valence-electron chi connectivity index (χ4n) is 1.92. The second kappa shape index (κ2) is 5.90. The van der Waals surface area contributed by atoms with Crippen molar-refractivity contribution < 1.29 is 20.1 Å². The summed E-state index contributed by atoms with van der Waals surface area (Å²) in [6.07, 6.45) is -1.06. The number of aromatic carboxylic acids is 1. The van der Waals surface area contributed by atoms with Gasteiger partial charge in [-0.25, -0.2) is 9.48 Å². The molecule has 0 spiro atoms. The third-order valence-corrected chi connectivity index (χ3v) is 3.08.